The van der Waals surface area contributed by atoms with E-state index in [0.717, 1.165) is 5.56 Å². The summed E-state index contributed by atoms with van der Waals surface area (Å²) in [6.07, 6.45) is 2.99. The fraction of sp³-hybridized carbons (Fsp3) is 0.312. The molecule has 0 unspecified atom stereocenters. The van der Waals surface area contributed by atoms with Gasteiger partial charge in [-0.25, -0.2) is 0 Å². The van der Waals surface area contributed by atoms with Crippen LogP contribution in [0, 0.1) is 5.92 Å². The van der Waals surface area contributed by atoms with E-state index in [1.54, 1.807) is 19.9 Å². The number of nitrogens with one attached hydrogen (secondary N) is 2. The average molecular weight is 303 g/mol. The summed E-state index contributed by atoms with van der Waals surface area (Å²) in [5, 5.41) is 4.94. The lowest BCUT2D eigenvalue weighted by molar-refractivity contribution is -0.128. The van der Waals surface area contributed by atoms with Gasteiger partial charge in [-0.3, -0.25) is 14.4 Å². The molecule has 0 aliphatic heterocycles. The molecule has 0 radical (unpaired) electrons. The van der Waals surface area contributed by atoms with Crippen molar-refractivity contribution in [2.45, 2.75) is 19.9 Å². The fourth-order valence-corrected chi connectivity index (χ4v) is 1.75. The Morgan fingerprint density at radius 1 is 1.18 bits per heavy atom. The van der Waals surface area contributed by atoms with Crippen LogP contribution in [0.3, 0.4) is 0 Å². The van der Waals surface area contributed by atoms with Crippen molar-refractivity contribution in [3.05, 3.63) is 42.0 Å². The maximum absolute atomic E-state index is 11.7. The van der Waals surface area contributed by atoms with Gasteiger partial charge in [-0.2, -0.15) is 0 Å². The van der Waals surface area contributed by atoms with Crippen molar-refractivity contribution in [1.29, 1.82) is 0 Å². The predicted octanol–water partition coefficient (Wildman–Crippen LogP) is 0.442. The third kappa shape index (κ3) is 6.21. The summed E-state index contributed by atoms with van der Waals surface area (Å²) in [6, 6.07) is 8.57. The predicted molar refractivity (Wildman–Crippen MR) is 84.4 cm³/mol. The van der Waals surface area contributed by atoms with Crippen LogP contribution in [-0.4, -0.2) is 30.3 Å². The van der Waals surface area contributed by atoms with E-state index in [1.165, 1.54) is 6.08 Å². The van der Waals surface area contributed by atoms with Crippen LogP contribution >= 0.6 is 0 Å². The van der Waals surface area contributed by atoms with Crippen molar-refractivity contribution in [3.8, 4) is 0 Å². The van der Waals surface area contributed by atoms with Crippen molar-refractivity contribution in [3.63, 3.8) is 0 Å². The van der Waals surface area contributed by atoms with E-state index in [9.17, 15) is 14.4 Å². The van der Waals surface area contributed by atoms with E-state index in [1.807, 2.05) is 30.3 Å². The maximum Gasteiger partial charge on any atom is 0.244 e. The van der Waals surface area contributed by atoms with Crippen LogP contribution in [0.1, 0.15) is 19.4 Å². The molecule has 22 heavy (non-hydrogen) atoms. The van der Waals surface area contributed by atoms with Crippen molar-refractivity contribution in [1.82, 2.24) is 10.6 Å². The second-order valence-corrected chi connectivity index (χ2v) is 5.15. The van der Waals surface area contributed by atoms with E-state index >= 15 is 0 Å². The van der Waals surface area contributed by atoms with Gasteiger partial charge in [0.15, 0.2) is 0 Å². The summed E-state index contributed by atoms with van der Waals surface area (Å²) >= 11 is 0. The molecule has 0 heterocycles. The third-order valence-electron chi connectivity index (χ3n) is 2.94. The first-order chi connectivity index (χ1) is 10.4. The van der Waals surface area contributed by atoms with Crippen LogP contribution in [-0.2, 0) is 14.4 Å². The molecule has 0 saturated carbocycles. The topological polar surface area (TPSA) is 101 Å². The molecule has 1 atom stereocenters. The molecule has 0 bridgehead atoms. The Labute approximate surface area is 129 Å². The molecular formula is C16H21N3O3. The normalized spacial score (nSPS) is 12.1. The zero-order valence-electron chi connectivity index (χ0n) is 12.7. The highest BCUT2D eigenvalue weighted by Crippen LogP contribution is 2.01. The number of carbonyl (C=O) groups is 3. The van der Waals surface area contributed by atoms with E-state index in [4.69, 9.17) is 5.73 Å². The summed E-state index contributed by atoms with van der Waals surface area (Å²) < 4.78 is 0. The molecule has 1 aromatic rings. The number of benzene rings is 1. The monoisotopic (exact) mass is 303 g/mol. The fourth-order valence-electron chi connectivity index (χ4n) is 1.75. The van der Waals surface area contributed by atoms with Gasteiger partial charge in [0, 0.05) is 6.08 Å². The molecule has 0 spiro atoms. The first kappa shape index (κ1) is 17.4. The van der Waals surface area contributed by atoms with E-state index in [2.05, 4.69) is 10.6 Å². The van der Waals surface area contributed by atoms with Crippen LogP contribution in [0.4, 0.5) is 0 Å². The first-order valence-electron chi connectivity index (χ1n) is 6.99. The molecular weight excluding hydrogens is 282 g/mol. The molecule has 0 aliphatic rings. The largest absolute Gasteiger partial charge is 0.368 e. The van der Waals surface area contributed by atoms with Crippen LogP contribution < -0.4 is 16.4 Å². The lowest BCUT2D eigenvalue weighted by atomic mass is 10.0. The Bertz CT molecular complexity index is 553. The molecule has 0 aliphatic carbocycles. The average Bonchev–Trinajstić information content (AvgIpc) is 2.49. The van der Waals surface area contributed by atoms with Gasteiger partial charge in [0.1, 0.15) is 6.04 Å². The number of hydrogen-bond donors (Lipinski definition) is 3. The van der Waals surface area contributed by atoms with E-state index in [0.29, 0.717) is 0 Å². The Kier molecular flexibility index (Phi) is 6.82. The van der Waals surface area contributed by atoms with Crippen LogP contribution in [0.25, 0.3) is 6.08 Å². The Balaban J connectivity index is 2.42. The molecule has 118 valence electrons. The van der Waals surface area contributed by atoms with Gasteiger partial charge in [0.05, 0.1) is 6.54 Å². The number of hydrogen-bond acceptors (Lipinski definition) is 3. The van der Waals surface area contributed by atoms with Crippen molar-refractivity contribution in [2.24, 2.45) is 11.7 Å². The van der Waals surface area contributed by atoms with Gasteiger partial charge in [-0.05, 0) is 17.6 Å². The number of rotatable bonds is 7. The number of amides is 3. The summed E-state index contributed by atoms with van der Waals surface area (Å²) in [5.74, 6) is -1.56. The number of carbonyl (C=O) groups excluding carboxylic acids is 3. The quantitative estimate of drug-likeness (QED) is 0.637. The summed E-state index contributed by atoms with van der Waals surface area (Å²) in [5.41, 5.74) is 6.09. The number of nitrogens with two attached hydrogens (primary N) is 1. The second-order valence-electron chi connectivity index (χ2n) is 5.15. The first-order valence-corrected chi connectivity index (χ1v) is 6.99. The van der Waals surface area contributed by atoms with Gasteiger partial charge < -0.3 is 16.4 Å². The summed E-state index contributed by atoms with van der Waals surface area (Å²) in [6.45, 7) is 3.34. The second kappa shape index (κ2) is 8.61. The molecule has 0 fully saturated rings. The highest BCUT2D eigenvalue weighted by molar-refractivity contribution is 5.95. The Morgan fingerprint density at radius 3 is 2.36 bits per heavy atom. The zero-order chi connectivity index (χ0) is 16.5. The Hall–Kier alpha value is -2.63. The van der Waals surface area contributed by atoms with Crippen LogP contribution in [0.5, 0.6) is 0 Å². The van der Waals surface area contributed by atoms with E-state index in [-0.39, 0.29) is 18.4 Å². The lowest BCUT2D eigenvalue weighted by Gasteiger charge is -2.18. The van der Waals surface area contributed by atoms with Crippen molar-refractivity contribution >= 4 is 23.8 Å². The van der Waals surface area contributed by atoms with Gasteiger partial charge >= 0.3 is 0 Å². The summed E-state index contributed by atoms with van der Waals surface area (Å²) in [4.78, 5) is 34.5. The van der Waals surface area contributed by atoms with Crippen molar-refractivity contribution < 1.29 is 14.4 Å². The molecule has 3 amide bonds. The van der Waals surface area contributed by atoms with Crippen LogP contribution in [0.2, 0.25) is 0 Å². The van der Waals surface area contributed by atoms with Gasteiger partial charge in [0.2, 0.25) is 17.7 Å². The van der Waals surface area contributed by atoms with Gasteiger partial charge in [-0.15, -0.1) is 0 Å². The minimum absolute atomic E-state index is 0.116. The highest BCUT2D eigenvalue weighted by Gasteiger charge is 2.21. The van der Waals surface area contributed by atoms with Crippen molar-refractivity contribution in [2.75, 3.05) is 6.54 Å². The Morgan fingerprint density at radius 2 is 1.82 bits per heavy atom. The third-order valence-corrected chi connectivity index (χ3v) is 2.94. The molecule has 6 heteroatoms. The lowest BCUT2D eigenvalue weighted by Crippen LogP contribution is -2.50. The highest BCUT2D eigenvalue weighted by atomic mass is 16.2. The molecule has 4 N–H and O–H groups in total. The maximum atomic E-state index is 11.7. The van der Waals surface area contributed by atoms with Gasteiger partial charge in [-0.1, -0.05) is 44.2 Å². The number of primary amides is 1. The van der Waals surface area contributed by atoms with Gasteiger partial charge in [0.25, 0.3) is 0 Å². The molecule has 0 saturated heterocycles. The minimum Gasteiger partial charge on any atom is -0.368 e. The standard InChI is InChI=1S/C16H21N3O3/c1-11(2)15(16(17)22)19-14(21)10-18-13(20)9-8-12-6-4-3-5-7-12/h3-9,11,15H,10H2,1-2H3,(H2,17,22)(H,18,20)(H,19,21)/b9-8-/t15-/m1/s1. The molecule has 6 nitrogen and oxygen atoms in total. The smallest absolute Gasteiger partial charge is 0.244 e. The molecule has 1 aromatic carbocycles. The van der Waals surface area contributed by atoms with Crippen LogP contribution in [0.15, 0.2) is 36.4 Å². The van der Waals surface area contributed by atoms with E-state index < -0.39 is 17.9 Å². The zero-order valence-corrected chi connectivity index (χ0v) is 12.7. The minimum atomic E-state index is -0.746. The molecule has 1 rings (SSSR count). The summed E-state index contributed by atoms with van der Waals surface area (Å²) in [7, 11) is 0. The molecule has 0 aromatic heterocycles. The SMILES string of the molecule is CC(C)[C@@H](NC(=O)CNC(=O)/C=C\c1ccccc1)C(N)=O.